The Kier molecular flexibility index (Phi) is 2.60. The van der Waals surface area contributed by atoms with E-state index in [2.05, 4.69) is 4.74 Å². The van der Waals surface area contributed by atoms with Crippen LogP contribution >= 0.6 is 0 Å². The van der Waals surface area contributed by atoms with Gasteiger partial charge in [-0.05, 0) is 6.08 Å². The van der Waals surface area contributed by atoms with Crippen molar-refractivity contribution in [2.24, 2.45) is 0 Å². The number of Topliss-reactive ketones (excluding diaryl/α,β-unsaturated/α-hetero) is 1. The van der Waals surface area contributed by atoms with Crippen molar-refractivity contribution in [2.75, 3.05) is 7.11 Å². The number of hydrogen-bond acceptors (Lipinski definition) is 4. The van der Waals surface area contributed by atoms with Crippen LogP contribution in [-0.2, 0) is 14.3 Å². The van der Waals surface area contributed by atoms with Crippen LogP contribution in [0.1, 0.15) is 12.8 Å². The minimum atomic E-state index is -0.725. The maximum atomic E-state index is 11.0. The van der Waals surface area contributed by atoms with Gasteiger partial charge < -0.3 is 9.84 Å². The van der Waals surface area contributed by atoms with Gasteiger partial charge in [-0.3, -0.25) is 9.59 Å². The van der Waals surface area contributed by atoms with Crippen molar-refractivity contribution >= 4 is 11.8 Å². The number of hydrogen-bond donors (Lipinski definition) is 1. The van der Waals surface area contributed by atoms with Crippen LogP contribution in [0.4, 0.5) is 0 Å². The van der Waals surface area contributed by atoms with E-state index in [0.717, 1.165) is 0 Å². The van der Waals surface area contributed by atoms with E-state index in [-0.39, 0.29) is 18.6 Å². The van der Waals surface area contributed by atoms with Crippen LogP contribution in [0.15, 0.2) is 11.6 Å². The first-order chi connectivity index (χ1) is 5.63. The number of aliphatic hydroxyl groups excluding tert-OH is 1. The zero-order chi connectivity index (χ0) is 9.14. The normalized spacial score (nSPS) is 22.3. The molecule has 0 bridgehead atoms. The minimum absolute atomic E-state index is 0.0353. The third-order valence-electron chi connectivity index (χ3n) is 1.71. The van der Waals surface area contributed by atoms with Crippen LogP contribution in [-0.4, -0.2) is 30.1 Å². The summed E-state index contributed by atoms with van der Waals surface area (Å²) in [5, 5.41) is 9.01. The number of esters is 1. The molecular weight excluding hydrogens is 160 g/mol. The Bertz CT molecular complexity index is 241. The summed E-state index contributed by atoms with van der Waals surface area (Å²) in [6.45, 7) is 0. The molecule has 0 aromatic heterocycles. The van der Waals surface area contributed by atoms with Gasteiger partial charge in [-0.1, -0.05) is 0 Å². The molecule has 1 aliphatic rings. The average molecular weight is 170 g/mol. The van der Waals surface area contributed by atoms with Crippen LogP contribution in [0.2, 0.25) is 0 Å². The lowest BCUT2D eigenvalue weighted by atomic mass is 10.1. The van der Waals surface area contributed by atoms with Gasteiger partial charge in [0.05, 0.1) is 19.6 Å². The lowest BCUT2D eigenvalue weighted by Crippen LogP contribution is -2.06. The summed E-state index contributed by atoms with van der Waals surface area (Å²) in [7, 11) is 1.26. The van der Waals surface area contributed by atoms with Crippen molar-refractivity contribution < 1.29 is 19.4 Å². The minimum Gasteiger partial charge on any atom is -0.469 e. The smallest absolute Gasteiger partial charge is 0.310 e. The highest BCUT2D eigenvalue weighted by atomic mass is 16.5. The molecule has 66 valence electrons. The summed E-state index contributed by atoms with van der Waals surface area (Å²) >= 11 is 0. The van der Waals surface area contributed by atoms with E-state index in [9.17, 15) is 9.59 Å². The number of aliphatic hydroxyl groups is 1. The number of carbonyl (C=O) groups excluding carboxylic acids is 2. The third-order valence-corrected chi connectivity index (χ3v) is 1.71. The molecule has 0 aromatic rings. The molecule has 0 unspecified atom stereocenters. The largest absolute Gasteiger partial charge is 0.469 e. The van der Waals surface area contributed by atoms with Gasteiger partial charge in [-0.2, -0.15) is 0 Å². The fraction of sp³-hybridized carbons (Fsp3) is 0.500. The highest BCUT2D eigenvalue weighted by Crippen LogP contribution is 2.17. The highest BCUT2D eigenvalue weighted by Gasteiger charge is 2.23. The summed E-state index contributed by atoms with van der Waals surface area (Å²) in [4.78, 5) is 21.7. The van der Waals surface area contributed by atoms with E-state index in [0.29, 0.717) is 5.57 Å². The van der Waals surface area contributed by atoms with Crippen LogP contribution < -0.4 is 0 Å². The second kappa shape index (κ2) is 3.49. The van der Waals surface area contributed by atoms with Crippen LogP contribution in [0.25, 0.3) is 0 Å². The molecule has 4 heteroatoms. The Morgan fingerprint density at radius 2 is 2.50 bits per heavy atom. The van der Waals surface area contributed by atoms with Gasteiger partial charge in [0.15, 0.2) is 5.78 Å². The SMILES string of the molecule is COC(=O)CC1=C[C@@H](O)CC1=O. The number of rotatable bonds is 2. The van der Waals surface area contributed by atoms with Gasteiger partial charge in [0.2, 0.25) is 0 Å². The highest BCUT2D eigenvalue weighted by molar-refractivity contribution is 6.01. The maximum Gasteiger partial charge on any atom is 0.310 e. The number of carbonyl (C=O) groups is 2. The van der Waals surface area contributed by atoms with Crippen molar-refractivity contribution in [3.05, 3.63) is 11.6 Å². The van der Waals surface area contributed by atoms with Crippen LogP contribution in [0.3, 0.4) is 0 Å². The van der Waals surface area contributed by atoms with Gasteiger partial charge in [0.1, 0.15) is 0 Å². The Labute approximate surface area is 69.8 Å². The summed E-state index contributed by atoms with van der Waals surface area (Å²) < 4.78 is 4.38. The molecule has 0 fully saturated rings. The van der Waals surface area contributed by atoms with Gasteiger partial charge >= 0.3 is 5.97 Å². The topological polar surface area (TPSA) is 63.6 Å². The second-order valence-corrected chi connectivity index (χ2v) is 2.64. The Balaban J connectivity index is 2.58. The monoisotopic (exact) mass is 170 g/mol. The first-order valence-corrected chi connectivity index (χ1v) is 3.62. The van der Waals surface area contributed by atoms with E-state index in [1.807, 2.05) is 0 Å². The van der Waals surface area contributed by atoms with Gasteiger partial charge in [0.25, 0.3) is 0 Å². The summed E-state index contributed by atoms with van der Waals surface area (Å²) in [5.74, 6) is -0.628. The molecule has 0 spiro atoms. The van der Waals surface area contributed by atoms with Gasteiger partial charge in [-0.15, -0.1) is 0 Å². The lowest BCUT2D eigenvalue weighted by molar-refractivity contribution is -0.140. The predicted molar refractivity (Wildman–Crippen MR) is 40.3 cm³/mol. The lowest BCUT2D eigenvalue weighted by Gasteiger charge is -1.97. The second-order valence-electron chi connectivity index (χ2n) is 2.64. The molecule has 0 saturated carbocycles. The number of ketones is 1. The number of ether oxygens (including phenoxy) is 1. The van der Waals surface area contributed by atoms with Crippen molar-refractivity contribution in [2.45, 2.75) is 18.9 Å². The Morgan fingerprint density at radius 1 is 1.83 bits per heavy atom. The van der Waals surface area contributed by atoms with Crippen LogP contribution in [0, 0.1) is 0 Å². The fourth-order valence-electron chi connectivity index (χ4n) is 1.09. The fourth-order valence-corrected chi connectivity index (χ4v) is 1.09. The molecule has 1 N–H and O–H groups in total. The molecule has 1 atom stereocenters. The van der Waals surface area contributed by atoms with E-state index >= 15 is 0 Å². The van der Waals surface area contributed by atoms with E-state index in [1.54, 1.807) is 0 Å². The van der Waals surface area contributed by atoms with Crippen LogP contribution in [0.5, 0.6) is 0 Å². The molecule has 1 rings (SSSR count). The van der Waals surface area contributed by atoms with Crippen molar-refractivity contribution in [3.63, 3.8) is 0 Å². The maximum absolute atomic E-state index is 11.0. The molecule has 0 saturated heterocycles. The predicted octanol–water partition coefficient (Wildman–Crippen LogP) is -0.190. The molecule has 12 heavy (non-hydrogen) atoms. The summed E-state index contributed by atoms with van der Waals surface area (Å²) in [5.41, 5.74) is 0.356. The summed E-state index contributed by atoms with van der Waals surface area (Å²) in [6.07, 6.45) is 0.731. The van der Waals surface area contributed by atoms with E-state index in [1.165, 1.54) is 13.2 Å². The first-order valence-electron chi connectivity index (χ1n) is 3.62. The van der Waals surface area contributed by atoms with Crippen molar-refractivity contribution in [1.82, 2.24) is 0 Å². The molecule has 0 radical (unpaired) electrons. The summed E-state index contributed by atoms with van der Waals surface area (Å²) in [6, 6.07) is 0. The van der Waals surface area contributed by atoms with Gasteiger partial charge in [-0.25, -0.2) is 0 Å². The zero-order valence-electron chi connectivity index (χ0n) is 6.74. The molecular formula is C8H10O4. The van der Waals surface area contributed by atoms with Crippen molar-refractivity contribution in [3.8, 4) is 0 Å². The zero-order valence-corrected chi connectivity index (χ0v) is 6.74. The molecule has 0 aliphatic heterocycles. The standard InChI is InChI=1S/C8H10O4/c1-12-8(11)3-5-2-6(9)4-7(5)10/h2,6,9H,3-4H2,1H3/t6-/m1/s1. The van der Waals surface area contributed by atoms with Gasteiger partial charge in [0, 0.05) is 12.0 Å². The van der Waals surface area contributed by atoms with Crippen molar-refractivity contribution in [1.29, 1.82) is 0 Å². The third kappa shape index (κ3) is 1.92. The number of methoxy groups -OCH3 is 1. The van der Waals surface area contributed by atoms with E-state index < -0.39 is 12.1 Å². The molecule has 0 aromatic carbocycles. The molecule has 1 aliphatic carbocycles. The quantitative estimate of drug-likeness (QED) is 0.583. The molecule has 0 heterocycles. The molecule has 4 nitrogen and oxygen atoms in total. The first kappa shape index (κ1) is 8.93. The Morgan fingerprint density at radius 3 is 2.92 bits per heavy atom. The Hall–Kier alpha value is -1.16. The molecule has 0 amide bonds. The van der Waals surface area contributed by atoms with E-state index in [4.69, 9.17) is 5.11 Å². The average Bonchev–Trinajstić information content (AvgIpc) is 2.30.